The number of carboxylic acids is 1. The molecule has 0 spiro atoms. The van der Waals surface area contributed by atoms with Gasteiger partial charge in [-0.1, -0.05) is 0 Å². The van der Waals surface area contributed by atoms with Crippen LogP contribution in [0.2, 0.25) is 0 Å². The second kappa shape index (κ2) is 6.83. The first-order valence-corrected chi connectivity index (χ1v) is 7.78. The summed E-state index contributed by atoms with van der Waals surface area (Å²) >= 11 is 1.52. The Kier molecular flexibility index (Phi) is 5.67. The number of aliphatic carboxylic acids is 1. The topological polar surface area (TPSA) is 98.7 Å². The Morgan fingerprint density at radius 3 is 2.75 bits per heavy atom. The number of nitrogens with one attached hydrogen (secondary N) is 2. The molecule has 0 radical (unpaired) electrons. The number of carbonyl (C=O) groups is 3. The van der Waals surface area contributed by atoms with Crippen LogP contribution in [0.25, 0.3) is 0 Å². The predicted octanol–water partition coefficient (Wildman–Crippen LogP) is 0.113. The minimum atomic E-state index is -1.06. The maximum Gasteiger partial charge on any atom is 0.326 e. The van der Waals surface area contributed by atoms with Crippen molar-refractivity contribution in [2.45, 2.75) is 31.8 Å². The first-order chi connectivity index (χ1) is 9.30. The molecule has 0 aromatic heterocycles. The van der Waals surface area contributed by atoms with Gasteiger partial charge in [0.05, 0.1) is 0 Å². The fourth-order valence-corrected chi connectivity index (χ4v) is 2.45. The lowest BCUT2D eigenvalue weighted by molar-refractivity contribution is -0.139. The van der Waals surface area contributed by atoms with Gasteiger partial charge in [0, 0.05) is 13.1 Å². The number of thioether (sulfide) groups is 1. The summed E-state index contributed by atoms with van der Waals surface area (Å²) < 4.78 is 0. The Morgan fingerprint density at radius 1 is 1.55 bits per heavy atom. The van der Waals surface area contributed by atoms with E-state index in [-0.39, 0.29) is 5.91 Å². The van der Waals surface area contributed by atoms with Crippen molar-refractivity contribution in [2.24, 2.45) is 0 Å². The van der Waals surface area contributed by atoms with E-state index in [1.165, 1.54) is 16.7 Å². The zero-order valence-electron chi connectivity index (χ0n) is 11.9. The number of amides is 3. The van der Waals surface area contributed by atoms with Crippen LogP contribution in [0.15, 0.2) is 0 Å². The Balaban J connectivity index is 2.72. The second-order valence-electron chi connectivity index (χ2n) is 5.09. The van der Waals surface area contributed by atoms with Gasteiger partial charge in [-0.05, 0) is 32.3 Å². The molecule has 1 aliphatic heterocycles. The molecular weight excluding hydrogens is 282 g/mol. The quantitative estimate of drug-likeness (QED) is 0.670. The fourth-order valence-electron chi connectivity index (χ4n) is 1.98. The summed E-state index contributed by atoms with van der Waals surface area (Å²) in [4.78, 5) is 36.5. The lowest BCUT2D eigenvalue weighted by Gasteiger charge is -2.41. The lowest BCUT2D eigenvalue weighted by Crippen LogP contribution is -2.66. The van der Waals surface area contributed by atoms with Gasteiger partial charge in [-0.3, -0.25) is 4.79 Å². The summed E-state index contributed by atoms with van der Waals surface area (Å²) in [6.07, 6.45) is 2.22. The molecule has 0 aromatic rings. The van der Waals surface area contributed by atoms with Gasteiger partial charge in [0.2, 0.25) is 5.91 Å². The van der Waals surface area contributed by atoms with Crippen molar-refractivity contribution in [3.63, 3.8) is 0 Å². The smallest absolute Gasteiger partial charge is 0.326 e. The molecule has 1 heterocycles. The molecule has 3 amide bonds. The van der Waals surface area contributed by atoms with Crippen molar-refractivity contribution in [2.75, 3.05) is 25.1 Å². The molecule has 114 valence electrons. The zero-order valence-corrected chi connectivity index (χ0v) is 12.7. The van der Waals surface area contributed by atoms with Crippen molar-refractivity contribution >= 4 is 29.7 Å². The summed E-state index contributed by atoms with van der Waals surface area (Å²) in [5.41, 5.74) is -0.981. The van der Waals surface area contributed by atoms with E-state index in [1.807, 2.05) is 6.26 Å². The number of carboxylic acid groups (broad SMARTS) is 1. The Labute approximate surface area is 122 Å². The summed E-state index contributed by atoms with van der Waals surface area (Å²) in [5.74, 6) is -0.664. The average molecular weight is 303 g/mol. The molecule has 7 nitrogen and oxygen atoms in total. The van der Waals surface area contributed by atoms with Crippen molar-refractivity contribution in [1.82, 2.24) is 15.5 Å². The SMILES string of the molecule is CSCC[C@@H](NC(=O)N1CCNC(=O)C1(C)C)C(=O)O. The third-order valence-electron chi connectivity index (χ3n) is 3.30. The Hall–Kier alpha value is -1.44. The number of hydrogen-bond acceptors (Lipinski definition) is 4. The summed E-state index contributed by atoms with van der Waals surface area (Å²) in [7, 11) is 0. The van der Waals surface area contributed by atoms with Crippen molar-refractivity contribution < 1.29 is 19.5 Å². The molecule has 20 heavy (non-hydrogen) atoms. The Morgan fingerprint density at radius 2 is 2.20 bits per heavy atom. The van der Waals surface area contributed by atoms with Gasteiger partial charge in [-0.25, -0.2) is 9.59 Å². The number of piperazine rings is 1. The number of carbonyl (C=O) groups excluding carboxylic acids is 2. The van der Waals surface area contributed by atoms with Gasteiger partial charge in [-0.2, -0.15) is 11.8 Å². The molecule has 1 fully saturated rings. The van der Waals surface area contributed by atoms with Crippen LogP contribution in [0.4, 0.5) is 4.79 Å². The number of urea groups is 1. The van der Waals surface area contributed by atoms with Crippen molar-refractivity contribution in [1.29, 1.82) is 0 Å². The third-order valence-corrected chi connectivity index (χ3v) is 3.95. The van der Waals surface area contributed by atoms with Crippen LogP contribution < -0.4 is 10.6 Å². The molecular formula is C12H21N3O4S. The molecule has 1 rings (SSSR count). The normalized spacial score (nSPS) is 19.1. The minimum absolute atomic E-state index is 0.241. The van der Waals surface area contributed by atoms with E-state index in [0.29, 0.717) is 25.3 Å². The minimum Gasteiger partial charge on any atom is -0.480 e. The highest BCUT2D eigenvalue weighted by Gasteiger charge is 2.41. The highest BCUT2D eigenvalue weighted by Crippen LogP contribution is 2.18. The molecule has 0 aromatic carbocycles. The van der Waals surface area contributed by atoms with Crippen LogP contribution in [0, 0.1) is 0 Å². The van der Waals surface area contributed by atoms with Crippen LogP contribution in [-0.2, 0) is 9.59 Å². The highest BCUT2D eigenvalue weighted by atomic mass is 32.2. The molecule has 1 atom stereocenters. The van der Waals surface area contributed by atoms with Gasteiger partial charge < -0.3 is 20.6 Å². The maximum atomic E-state index is 12.2. The van der Waals surface area contributed by atoms with E-state index in [0.717, 1.165) is 0 Å². The number of rotatable bonds is 5. The third kappa shape index (κ3) is 3.78. The molecule has 1 aliphatic rings. The monoisotopic (exact) mass is 303 g/mol. The number of nitrogens with zero attached hydrogens (tertiary/aromatic N) is 1. The molecule has 1 saturated heterocycles. The lowest BCUT2D eigenvalue weighted by atomic mass is 9.99. The average Bonchev–Trinajstić information content (AvgIpc) is 2.37. The van der Waals surface area contributed by atoms with E-state index in [9.17, 15) is 14.4 Å². The summed E-state index contributed by atoms with van der Waals surface area (Å²) in [5, 5.41) is 14.3. The first kappa shape index (κ1) is 16.6. The molecule has 0 bridgehead atoms. The maximum absolute atomic E-state index is 12.2. The van der Waals surface area contributed by atoms with Crippen molar-refractivity contribution in [3.8, 4) is 0 Å². The summed E-state index contributed by atoms with van der Waals surface area (Å²) in [6.45, 7) is 4.01. The van der Waals surface area contributed by atoms with Gasteiger partial charge >= 0.3 is 12.0 Å². The van der Waals surface area contributed by atoms with Crippen LogP contribution in [0.3, 0.4) is 0 Å². The van der Waals surface area contributed by atoms with E-state index in [4.69, 9.17) is 5.11 Å². The zero-order chi connectivity index (χ0) is 15.3. The van der Waals surface area contributed by atoms with Gasteiger partial charge in [0.25, 0.3) is 0 Å². The van der Waals surface area contributed by atoms with Crippen LogP contribution in [-0.4, -0.2) is 64.6 Å². The molecule has 0 saturated carbocycles. The predicted molar refractivity (Wildman–Crippen MR) is 76.7 cm³/mol. The number of hydrogen-bond donors (Lipinski definition) is 3. The standard InChI is InChI=1S/C12H21N3O4S/c1-12(2)10(18)13-5-6-15(12)11(19)14-8(9(16)17)4-7-20-3/h8H,4-7H2,1-3H3,(H,13,18)(H,14,19)(H,16,17)/t8-/m1/s1. The molecule has 8 heteroatoms. The summed E-state index contributed by atoms with van der Waals surface area (Å²) in [6, 6.07) is -1.45. The first-order valence-electron chi connectivity index (χ1n) is 6.39. The van der Waals surface area contributed by atoms with Crippen LogP contribution in [0.5, 0.6) is 0 Å². The Bertz CT molecular complexity index is 400. The van der Waals surface area contributed by atoms with E-state index in [1.54, 1.807) is 13.8 Å². The fraction of sp³-hybridized carbons (Fsp3) is 0.750. The van der Waals surface area contributed by atoms with E-state index >= 15 is 0 Å². The van der Waals surface area contributed by atoms with Crippen LogP contribution in [0.1, 0.15) is 20.3 Å². The van der Waals surface area contributed by atoms with Crippen molar-refractivity contribution in [3.05, 3.63) is 0 Å². The molecule has 3 N–H and O–H groups in total. The van der Waals surface area contributed by atoms with Gasteiger partial charge in [0.15, 0.2) is 0 Å². The highest BCUT2D eigenvalue weighted by molar-refractivity contribution is 7.98. The van der Waals surface area contributed by atoms with E-state index < -0.39 is 23.6 Å². The van der Waals surface area contributed by atoms with Crippen LogP contribution >= 0.6 is 11.8 Å². The molecule has 0 aliphatic carbocycles. The second-order valence-corrected chi connectivity index (χ2v) is 6.07. The van der Waals surface area contributed by atoms with E-state index in [2.05, 4.69) is 10.6 Å². The van der Waals surface area contributed by atoms with Gasteiger partial charge in [0.1, 0.15) is 11.6 Å². The molecule has 0 unspecified atom stereocenters. The largest absolute Gasteiger partial charge is 0.480 e. The van der Waals surface area contributed by atoms with Gasteiger partial charge in [-0.15, -0.1) is 0 Å².